The molecule has 0 aliphatic carbocycles. The molecule has 6 nitrogen and oxygen atoms in total. The van der Waals surface area contributed by atoms with Crippen LogP contribution in [0.3, 0.4) is 0 Å². The Hall–Kier alpha value is -4.48. The zero-order valence-electron chi connectivity index (χ0n) is 19.8. The second kappa shape index (κ2) is 10.5. The van der Waals surface area contributed by atoms with E-state index in [4.69, 9.17) is 14.2 Å². The number of nitrogens with one attached hydrogen (secondary N) is 1. The predicted molar refractivity (Wildman–Crippen MR) is 130 cm³/mol. The van der Waals surface area contributed by atoms with Gasteiger partial charge in [-0.3, -0.25) is 4.98 Å². The van der Waals surface area contributed by atoms with Crippen molar-refractivity contribution in [2.24, 2.45) is 4.99 Å². The van der Waals surface area contributed by atoms with Crippen molar-refractivity contribution < 1.29 is 40.6 Å². The molecule has 4 aromatic rings. The molecule has 0 bridgehead atoms. The number of amidine groups is 1. The van der Waals surface area contributed by atoms with Crippen LogP contribution in [0.25, 0.3) is 10.9 Å². The number of hydrogen-bond acceptors (Lipinski definition) is 5. The quantitative estimate of drug-likeness (QED) is 0.155. The average molecular weight is 535 g/mol. The molecule has 0 saturated carbocycles. The first kappa shape index (κ1) is 26.6. The fourth-order valence-corrected chi connectivity index (χ4v) is 3.45. The largest absolute Gasteiger partial charge is 0.493 e. The molecule has 0 radical (unpaired) electrons. The number of pyridine rings is 1. The number of rotatable bonds is 6. The number of methoxy groups -OCH3 is 2. The van der Waals surface area contributed by atoms with Crippen molar-refractivity contribution in [1.29, 1.82) is 0 Å². The van der Waals surface area contributed by atoms with Gasteiger partial charge in [-0.25, -0.2) is 4.99 Å². The van der Waals surface area contributed by atoms with E-state index in [9.17, 15) is 26.3 Å². The molecular weight excluding hydrogens is 516 g/mol. The first-order valence-corrected chi connectivity index (χ1v) is 10.9. The van der Waals surface area contributed by atoms with Crippen molar-refractivity contribution in [3.63, 3.8) is 0 Å². The summed E-state index contributed by atoms with van der Waals surface area (Å²) in [5.74, 6) is 0.160. The first-order valence-electron chi connectivity index (χ1n) is 10.9. The average Bonchev–Trinajstić information content (AvgIpc) is 2.88. The first-order chi connectivity index (χ1) is 18.0. The molecule has 4 rings (SSSR count). The molecule has 0 aliphatic heterocycles. The van der Waals surface area contributed by atoms with Crippen LogP contribution in [0.5, 0.6) is 23.0 Å². The van der Waals surface area contributed by atoms with Crippen LogP contribution < -0.4 is 19.5 Å². The summed E-state index contributed by atoms with van der Waals surface area (Å²) in [6.07, 6.45) is -8.14. The molecule has 0 aliphatic rings. The van der Waals surface area contributed by atoms with E-state index in [1.165, 1.54) is 44.7 Å². The molecule has 0 saturated heterocycles. The topological polar surface area (TPSA) is 65.0 Å². The Kier molecular flexibility index (Phi) is 7.33. The van der Waals surface area contributed by atoms with Gasteiger partial charge in [0.15, 0.2) is 11.5 Å². The highest BCUT2D eigenvalue weighted by Crippen LogP contribution is 2.37. The summed E-state index contributed by atoms with van der Waals surface area (Å²) >= 11 is 0. The summed E-state index contributed by atoms with van der Waals surface area (Å²) < 4.78 is 96.1. The lowest BCUT2D eigenvalue weighted by molar-refractivity contribution is -0.137. The Labute approximate surface area is 212 Å². The lowest BCUT2D eigenvalue weighted by Gasteiger charge is -2.15. The van der Waals surface area contributed by atoms with Gasteiger partial charge in [-0.1, -0.05) is 6.07 Å². The number of fused-ring (bicyclic) bond motifs is 1. The van der Waals surface area contributed by atoms with E-state index < -0.39 is 29.4 Å². The molecule has 0 spiro atoms. The molecule has 38 heavy (non-hydrogen) atoms. The third kappa shape index (κ3) is 6.07. The standard InChI is InChI=1S/C26H19F6N3O3/c1-36-22-13-19-20(14-23(22)37-2)33-11-10-21(19)38-18-8-6-16(7-9-18)34-24(26(30,31)32)35-17-5-3-4-15(12-17)25(27,28)29/h3-14H,1-2H3,(H,34,35). The fraction of sp³-hybridized carbons (Fsp3) is 0.154. The minimum Gasteiger partial charge on any atom is -0.493 e. The van der Waals surface area contributed by atoms with Crippen molar-refractivity contribution in [2.45, 2.75) is 12.4 Å². The Morgan fingerprint density at radius 1 is 0.816 bits per heavy atom. The second-order valence-electron chi connectivity index (χ2n) is 7.79. The monoisotopic (exact) mass is 535 g/mol. The van der Waals surface area contributed by atoms with E-state index in [1.807, 2.05) is 5.32 Å². The van der Waals surface area contributed by atoms with Crippen molar-refractivity contribution in [3.05, 3.63) is 78.5 Å². The Morgan fingerprint density at radius 2 is 1.50 bits per heavy atom. The maximum Gasteiger partial charge on any atom is 0.449 e. The number of aromatic nitrogens is 1. The van der Waals surface area contributed by atoms with Crippen LogP contribution in [0, 0.1) is 0 Å². The van der Waals surface area contributed by atoms with Crippen LogP contribution in [0.1, 0.15) is 5.56 Å². The lowest BCUT2D eigenvalue weighted by Crippen LogP contribution is -2.30. The SMILES string of the molecule is COc1cc2nccc(Oc3ccc(N=C(Nc4cccc(C(F)(F)F)c4)C(F)(F)F)cc3)c2cc1OC. The maximum absolute atomic E-state index is 13.6. The Morgan fingerprint density at radius 3 is 2.13 bits per heavy atom. The molecule has 1 aromatic heterocycles. The number of benzene rings is 3. The van der Waals surface area contributed by atoms with E-state index in [0.717, 1.165) is 18.2 Å². The van der Waals surface area contributed by atoms with Crippen molar-refractivity contribution >= 4 is 28.1 Å². The van der Waals surface area contributed by atoms with Crippen LogP contribution in [-0.2, 0) is 6.18 Å². The van der Waals surface area contributed by atoms with Gasteiger partial charge in [0, 0.05) is 23.3 Å². The summed E-state index contributed by atoms with van der Waals surface area (Å²) in [5, 5.41) is 2.55. The summed E-state index contributed by atoms with van der Waals surface area (Å²) in [7, 11) is 2.98. The zero-order valence-corrected chi connectivity index (χ0v) is 19.8. The molecule has 0 fully saturated rings. The molecule has 1 heterocycles. The lowest BCUT2D eigenvalue weighted by atomic mass is 10.2. The van der Waals surface area contributed by atoms with Gasteiger partial charge in [-0.2, -0.15) is 26.3 Å². The normalized spacial score (nSPS) is 12.4. The van der Waals surface area contributed by atoms with Crippen molar-refractivity contribution in [3.8, 4) is 23.0 Å². The third-order valence-corrected chi connectivity index (χ3v) is 5.23. The summed E-state index contributed by atoms with van der Waals surface area (Å²) in [4.78, 5) is 7.84. The van der Waals surface area contributed by atoms with Crippen molar-refractivity contribution in [1.82, 2.24) is 4.98 Å². The number of hydrogen-bond donors (Lipinski definition) is 1. The predicted octanol–water partition coefficient (Wildman–Crippen LogP) is 7.77. The highest BCUT2D eigenvalue weighted by Gasteiger charge is 2.37. The number of ether oxygens (including phenoxy) is 3. The van der Waals surface area contributed by atoms with Crippen LogP contribution >= 0.6 is 0 Å². The van der Waals surface area contributed by atoms with Gasteiger partial charge in [-0.15, -0.1) is 0 Å². The molecule has 12 heteroatoms. The van der Waals surface area contributed by atoms with E-state index in [-0.39, 0.29) is 5.69 Å². The molecule has 0 unspecified atom stereocenters. The van der Waals surface area contributed by atoms with E-state index in [1.54, 1.807) is 18.2 Å². The minimum absolute atomic E-state index is 0.102. The van der Waals surface area contributed by atoms with Gasteiger partial charge < -0.3 is 19.5 Å². The van der Waals surface area contributed by atoms with Crippen LogP contribution in [0.15, 0.2) is 77.9 Å². The minimum atomic E-state index is -4.96. The van der Waals surface area contributed by atoms with Gasteiger partial charge in [0.25, 0.3) is 0 Å². The molecule has 198 valence electrons. The maximum atomic E-state index is 13.6. The number of nitrogens with zero attached hydrogens (tertiary/aromatic N) is 2. The highest BCUT2D eigenvalue weighted by atomic mass is 19.4. The number of aliphatic imine (C=N–C) groups is 1. The van der Waals surface area contributed by atoms with Crippen molar-refractivity contribution in [2.75, 3.05) is 19.5 Å². The highest BCUT2D eigenvalue weighted by molar-refractivity contribution is 6.01. The number of anilines is 1. The summed E-state index contributed by atoms with van der Waals surface area (Å²) in [5.41, 5.74) is -1.04. The zero-order chi connectivity index (χ0) is 27.5. The molecule has 0 atom stereocenters. The van der Waals surface area contributed by atoms with Gasteiger partial charge in [0.05, 0.1) is 31.0 Å². The molecular formula is C26H19F6N3O3. The number of alkyl halides is 6. The van der Waals surface area contributed by atoms with Gasteiger partial charge in [0.1, 0.15) is 11.5 Å². The number of halogens is 6. The van der Waals surface area contributed by atoms with Gasteiger partial charge in [0.2, 0.25) is 5.84 Å². The molecule has 1 N–H and O–H groups in total. The van der Waals surface area contributed by atoms with E-state index in [0.29, 0.717) is 40.0 Å². The smallest absolute Gasteiger partial charge is 0.449 e. The molecule has 0 amide bonds. The van der Waals surface area contributed by atoms with Gasteiger partial charge in [-0.05, 0) is 54.6 Å². The summed E-state index contributed by atoms with van der Waals surface area (Å²) in [6, 6.07) is 13.8. The van der Waals surface area contributed by atoms with E-state index >= 15 is 0 Å². The second-order valence-corrected chi connectivity index (χ2v) is 7.79. The van der Waals surface area contributed by atoms with Crippen LogP contribution in [0.4, 0.5) is 37.7 Å². The molecule has 3 aromatic carbocycles. The van der Waals surface area contributed by atoms with Crippen LogP contribution in [0.2, 0.25) is 0 Å². The summed E-state index contributed by atoms with van der Waals surface area (Å²) in [6.45, 7) is 0. The fourth-order valence-electron chi connectivity index (χ4n) is 3.45. The van der Waals surface area contributed by atoms with E-state index in [2.05, 4.69) is 9.98 Å². The van der Waals surface area contributed by atoms with Crippen LogP contribution in [-0.4, -0.2) is 31.2 Å². The van der Waals surface area contributed by atoms with Gasteiger partial charge >= 0.3 is 12.4 Å². The Bertz CT molecular complexity index is 1470. The third-order valence-electron chi connectivity index (χ3n) is 5.23. The Balaban J connectivity index is 1.59.